The molecule has 0 bridgehead atoms. The first-order chi connectivity index (χ1) is 11.8. The molecule has 0 saturated carbocycles. The lowest BCUT2D eigenvalue weighted by Gasteiger charge is -2.19. The van der Waals surface area contributed by atoms with Gasteiger partial charge in [0.2, 0.25) is 0 Å². The molecule has 3 aromatic rings. The van der Waals surface area contributed by atoms with Crippen LogP contribution in [0.15, 0.2) is 71.5 Å². The number of aromatic nitrogens is 2. The topological polar surface area (TPSA) is 38.1 Å². The fourth-order valence-electron chi connectivity index (χ4n) is 3.19. The van der Waals surface area contributed by atoms with Gasteiger partial charge in [0.1, 0.15) is 11.6 Å². The van der Waals surface area contributed by atoms with Crippen molar-refractivity contribution >= 4 is 5.82 Å². The Kier molecular flexibility index (Phi) is 3.87. The first-order valence-corrected chi connectivity index (χ1v) is 8.33. The molecular formula is C20H19N3O. The van der Waals surface area contributed by atoms with Crippen molar-refractivity contribution in [2.45, 2.75) is 12.8 Å². The zero-order chi connectivity index (χ0) is 16.4. The van der Waals surface area contributed by atoms with Crippen LogP contribution in [0.2, 0.25) is 0 Å². The number of para-hydroxylation sites is 1. The van der Waals surface area contributed by atoms with Crippen LogP contribution in [0.1, 0.15) is 12.8 Å². The number of rotatable bonds is 3. The second-order valence-electron chi connectivity index (χ2n) is 6.01. The van der Waals surface area contributed by atoms with Crippen molar-refractivity contribution in [2.24, 2.45) is 0 Å². The van der Waals surface area contributed by atoms with E-state index in [2.05, 4.69) is 4.90 Å². The molecular weight excluding hydrogens is 298 g/mol. The van der Waals surface area contributed by atoms with Crippen LogP contribution in [0.25, 0.3) is 17.1 Å². The molecule has 24 heavy (non-hydrogen) atoms. The fourth-order valence-corrected chi connectivity index (χ4v) is 3.19. The predicted octanol–water partition coefficient (Wildman–Crippen LogP) is 3.50. The molecule has 0 N–H and O–H groups in total. The first-order valence-electron chi connectivity index (χ1n) is 8.33. The average Bonchev–Trinajstić information content (AvgIpc) is 3.17. The van der Waals surface area contributed by atoms with Gasteiger partial charge >= 0.3 is 0 Å². The molecule has 0 unspecified atom stereocenters. The van der Waals surface area contributed by atoms with Crippen LogP contribution in [0, 0.1) is 0 Å². The second kappa shape index (κ2) is 6.32. The van der Waals surface area contributed by atoms with E-state index in [1.54, 1.807) is 10.6 Å². The summed E-state index contributed by atoms with van der Waals surface area (Å²) in [4.78, 5) is 19.9. The third-order valence-corrected chi connectivity index (χ3v) is 4.38. The van der Waals surface area contributed by atoms with Crippen molar-refractivity contribution in [3.63, 3.8) is 0 Å². The zero-order valence-electron chi connectivity index (χ0n) is 13.4. The van der Waals surface area contributed by atoms with Crippen molar-refractivity contribution in [3.8, 4) is 17.1 Å². The molecule has 4 rings (SSSR count). The third-order valence-electron chi connectivity index (χ3n) is 4.38. The summed E-state index contributed by atoms with van der Waals surface area (Å²) >= 11 is 0. The van der Waals surface area contributed by atoms with Gasteiger partial charge in [-0.05, 0) is 25.0 Å². The normalized spacial score (nSPS) is 14.1. The Morgan fingerprint density at radius 2 is 1.46 bits per heavy atom. The molecule has 4 heteroatoms. The van der Waals surface area contributed by atoms with Crippen molar-refractivity contribution in [2.75, 3.05) is 18.0 Å². The van der Waals surface area contributed by atoms with Gasteiger partial charge in [-0.2, -0.15) is 0 Å². The van der Waals surface area contributed by atoms with Gasteiger partial charge in [0.05, 0.1) is 5.69 Å². The highest BCUT2D eigenvalue weighted by molar-refractivity contribution is 5.61. The van der Waals surface area contributed by atoms with Gasteiger partial charge in [-0.15, -0.1) is 0 Å². The van der Waals surface area contributed by atoms with Gasteiger partial charge in [-0.1, -0.05) is 48.5 Å². The van der Waals surface area contributed by atoms with Gasteiger partial charge in [0.15, 0.2) is 0 Å². The molecule has 1 aromatic heterocycles. The van der Waals surface area contributed by atoms with E-state index in [1.807, 2.05) is 60.7 Å². The number of hydrogen-bond donors (Lipinski definition) is 0. The summed E-state index contributed by atoms with van der Waals surface area (Å²) in [5.74, 6) is 1.47. The summed E-state index contributed by atoms with van der Waals surface area (Å²) in [6.45, 7) is 1.94. The van der Waals surface area contributed by atoms with Crippen molar-refractivity contribution in [1.82, 2.24) is 9.55 Å². The van der Waals surface area contributed by atoms with Crippen molar-refractivity contribution < 1.29 is 0 Å². The van der Waals surface area contributed by atoms with Crippen LogP contribution in [-0.2, 0) is 0 Å². The van der Waals surface area contributed by atoms with E-state index >= 15 is 0 Å². The van der Waals surface area contributed by atoms with E-state index in [0.717, 1.165) is 43.0 Å². The van der Waals surface area contributed by atoms with Crippen molar-refractivity contribution in [1.29, 1.82) is 0 Å². The maximum absolute atomic E-state index is 12.9. The largest absolute Gasteiger partial charge is 0.356 e. The molecule has 0 atom stereocenters. The molecule has 120 valence electrons. The first kappa shape index (κ1) is 14.7. The Morgan fingerprint density at radius 3 is 2.12 bits per heavy atom. The number of benzene rings is 2. The summed E-state index contributed by atoms with van der Waals surface area (Å²) in [6.07, 6.45) is 2.31. The van der Waals surface area contributed by atoms with Crippen LogP contribution in [0.5, 0.6) is 0 Å². The molecule has 0 radical (unpaired) electrons. The predicted molar refractivity (Wildman–Crippen MR) is 96.7 cm³/mol. The fraction of sp³-hybridized carbons (Fsp3) is 0.200. The smallest absolute Gasteiger partial charge is 0.260 e. The minimum atomic E-state index is -0.0445. The molecule has 1 fully saturated rings. The minimum Gasteiger partial charge on any atom is -0.356 e. The monoisotopic (exact) mass is 317 g/mol. The Hall–Kier alpha value is -2.88. The van der Waals surface area contributed by atoms with E-state index in [4.69, 9.17) is 4.98 Å². The SMILES string of the molecule is O=c1cc(N2CCCC2)nc(-c2ccccc2)n1-c1ccccc1. The number of anilines is 1. The molecule has 4 nitrogen and oxygen atoms in total. The van der Waals surface area contributed by atoms with Gasteiger partial charge in [0.25, 0.3) is 5.56 Å². The maximum Gasteiger partial charge on any atom is 0.260 e. The average molecular weight is 317 g/mol. The zero-order valence-corrected chi connectivity index (χ0v) is 13.4. The maximum atomic E-state index is 12.9. The van der Waals surface area contributed by atoms with Crippen LogP contribution < -0.4 is 10.5 Å². The molecule has 1 aliphatic rings. The number of nitrogens with zero attached hydrogens (tertiary/aromatic N) is 3. The summed E-state index contributed by atoms with van der Waals surface area (Å²) in [5, 5.41) is 0. The quantitative estimate of drug-likeness (QED) is 0.742. The van der Waals surface area contributed by atoms with Gasteiger partial charge in [-0.3, -0.25) is 9.36 Å². The Balaban J connectivity index is 1.94. The van der Waals surface area contributed by atoms with Crippen LogP contribution >= 0.6 is 0 Å². The van der Waals surface area contributed by atoms with Gasteiger partial charge < -0.3 is 4.90 Å². The molecule has 0 spiro atoms. The molecule has 1 saturated heterocycles. The Labute approximate surface area is 141 Å². The summed E-state index contributed by atoms with van der Waals surface area (Å²) in [7, 11) is 0. The lowest BCUT2D eigenvalue weighted by molar-refractivity contribution is 0.888. The highest BCUT2D eigenvalue weighted by Crippen LogP contribution is 2.23. The van der Waals surface area contributed by atoms with E-state index in [9.17, 15) is 4.79 Å². The van der Waals surface area contributed by atoms with Crippen molar-refractivity contribution in [3.05, 3.63) is 77.1 Å². The lowest BCUT2D eigenvalue weighted by atomic mass is 10.2. The molecule has 1 aliphatic heterocycles. The van der Waals surface area contributed by atoms with Crippen LogP contribution in [0.4, 0.5) is 5.82 Å². The molecule has 2 heterocycles. The molecule has 0 amide bonds. The highest BCUT2D eigenvalue weighted by atomic mass is 16.1. The standard InChI is InChI=1S/C20H19N3O/c24-19-15-18(22-13-7-8-14-22)21-20(16-9-3-1-4-10-16)23(19)17-11-5-2-6-12-17/h1-6,9-12,15H,7-8,13-14H2. The Bertz CT molecular complexity index is 882. The van der Waals surface area contributed by atoms with Crippen LogP contribution in [0.3, 0.4) is 0 Å². The second-order valence-corrected chi connectivity index (χ2v) is 6.01. The van der Waals surface area contributed by atoms with E-state index in [-0.39, 0.29) is 5.56 Å². The third kappa shape index (κ3) is 2.71. The highest BCUT2D eigenvalue weighted by Gasteiger charge is 2.18. The van der Waals surface area contributed by atoms with E-state index in [1.165, 1.54) is 0 Å². The van der Waals surface area contributed by atoms with E-state index in [0.29, 0.717) is 5.82 Å². The van der Waals surface area contributed by atoms with Gasteiger partial charge in [-0.25, -0.2) is 4.98 Å². The molecule has 0 aliphatic carbocycles. The Morgan fingerprint density at radius 1 is 0.833 bits per heavy atom. The summed E-state index contributed by atoms with van der Waals surface area (Å²) < 4.78 is 1.69. The minimum absolute atomic E-state index is 0.0445. The summed E-state index contributed by atoms with van der Waals surface area (Å²) in [6, 6.07) is 21.3. The summed E-state index contributed by atoms with van der Waals surface area (Å²) in [5.41, 5.74) is 1.73. The number of hydrogen-bond acceptors (Lipinski definition) is 3. The lowest BCUT2D eigenvalue weighted by Crippen LogP contribution is -2.26. The molecule has 2 aromatic carbocycles. The van der Waals surface area contributed by atoms with E-state index < -0.39 is 0 Å². The van der Waals surface area contributed by atoms with Gasteiger partial charge in [0, 0.05) is 24.7 Å². The van der Waals surface area contributed by atoms with Crippen LogP contribution in [-0.4, -0.2) is 22.6 Å².